The van der Waals surface area contributed by atoms with Crippen LogP contribution in [0.3, 0.4) is 0 Å². The van der Waals surface area contributed by atoms with E-state index in [4.69, 9.17) is 0 Å². The summed E-state index contributed by atoms with van der Waals surface area (Å²) < 4.78 is 12.3. The highest BCUT2D eigenvalue weighted by Crippen LogP contribution is 2.37. The number of rotatable bonds is 10. The first kappa shape index (κ1) is 24.5. The number of hydrogen-bond donors (Lipinski definition) is 0. The normalized spacial score (nSPS) is 18.4. The quantitative estimate of drug-likeness (QED) is 0.268. The average Bonchev–Trinajstić information content (AvgIpc) is 2.91. The number of hydrogen-bond acceptors (Lipinski definition) is 0. The summed E-state index contributed by atoms with van der Waals surface area (Å²) in [5.41, 5.74) is 8.05. The molecule has 1 aliphatic carbocycles. The fourth-order valence-corrected chi connectivity index (χ4v) is 5.22. The number of alkyl halides is 1. The highest BCUT2D eigenvalue weighted by molar-refractivity contribution is 5.64. The van der Waals surface area contributed by atoms with Crippen LogP contribution < -0.4 is 0 Å². The van der Waals surface area contributed by atoms with Crippen LogP contribution in [0.4, 0.5) is 4.39 Å². The molecule has 178 valence electrons. The van der Waals surface area contributed by atoms with Crippen molar-refractivity contribution in [1.29, 1.82) is 0 Å². The third kappa shape index (κ3) is 6.92. The lowest BCUT2D eigenvalue weighted by Crippen LogP contribution is -2.11. The lowest BCUT2D eigenvalue weighted by atomic mass is 9.78. The van der Waals surface area contributed by atoms with Crippen LogP contribution in [0.25, 0.3) is 11.1 Å². The Hall–Kier alpha value is -2.67. The zero-order chi connectivity index (χ0) is 23.6. The Labute approximate surface area is 205 Å². The number of allylic oxidation sites excluding steroid dienone is 2. The third-order valence-corrected chi connectivity index (χ3v) is 7.41. The van der Waals surface area contributed by atoms with Crippen molar-refractivity contribution in [3.05, 3.63) is 107 Å². The first-order valence-electron chi connectivity index (χ1n) is 13.2. The van der Waals surface area contributed by atoms with Crippen molar-refractivity contribution in [2.45, 2.75) is 70.6 Å². The minimum Gasteiger partial charge on any atom is -0.251 e. The molecule has 0 atom stereocenters. The Kier molecular flexibility index (Phi) is 9.13. The van der Waals surface area contributed by atoms with E-state index in [9.17, 15) is 4.39 Å². The minimum absolute atomic E-state index is 0.236. The lowest BCUT2D eigenvalue weighted by molar-refractivity contribution is 0.375. The molecule has 0 spiro atoms. The van der Waals surface area contributed by atoms with Gasteiger partial charge in [0.2, 0.25) is 0 Å². The summed E-state index contributed by atoms with van der Waals surface area (Å²) in [5.74, 6) is 1.52. The maximum Gasteiger partial charge on any atom is 0.0897 e. The molecule has 0 aromatic heterocycles. The molecule has 1 heteroatoms. The molecule has 0 heterocycles. The van der Waals surface area contributed by atoms with E-state index in [1.165, 1.54) is 59.1 Å². The van der Waals surface area contributed by atoms with Crippen molar-refractivity contribution in [3.8, 4) is 11.1 Å². The van der Waals surface area contributed by atoms with Gasteiger partial charge in [0.15, 0.2) is 0 Å². The second-order valence-electron chi connectivity index (χ2n) is 9.88. The zero-order valence-electron chi connectivity index (χ0n) is 20.7. The number of benzene rings is 3. The molecule has 1 aliphatic rings. The molecule has 0 nitrogen and oxygen atoms in total. The molecule has 0 amide bonds. The Morgan fingerprint density at radius 3 is 1.71 bits per heavy atom. The Morgan fingerprint density at radius 2 is 1.18 bits per heavy atom. The third-order valence-electron chi connectivity index (χ3n) is 7.41. The van der Waals surface area contributed by atoms with E-state index in [1.807, 2.05) is 0 Å². The minimum atomic E-state index is -0.236. The van der Waals surface area contributed by atoms with Gasteiger partial charge in [-0.15, -0.1) is 0 Å². The van der Waals surface area contributed by atoms with E-state index in [0.29, 0.717) is 6.42 Å². The lowest BCUT2D eigenvalue weighted by Gasteiger charge is -2.27. The van der Waals surface area contributed by atoms with Gasteiger partial charge in [-0.3, -0.25) is 4.39 Å². The van der Waals surface area contributed by atoms with Gasteiger partial charge in [0.1, 0.15) is 0 Å². The molecule has 0 aliphatic heterocycles. The fraction of sp³-hybridized carbons (Fsp3) is 0.394. The summed E-state index contributed by atoms with van der Waals surface area (Å²) >= 11 is 0. The average molecular weight is 455 g/mol. The molecule has 3 aromatic rings. The van der Waals surface area contributed by atoms with Crippen LogP contribution in [0.2, 0.25) is 0 Å². The summed E-state index contributed by atoms with van der Waals surface area (Å²) in [6.07, 6.45) is 14.7. The van der Waals surface area contributed by atoms with Gasteiger partial charge in [-0.1, -0.05) is 91.9 Å². The molecule has 0 saturated heterocycles. The first-order chi connectivity index (χ1) is 16.7. The van der Waals surface area contributed by atoms with Crippen molar-refractivity contribution in [1.82, 2.24) is 0 Å². The van der Waals surface area contributed by atoms with Gasteiger partial charge in [0.05, 0.1) is 6.67 Å². The maximum absolute atomic E-state index is 12.3. The Balaban J connectivity index is 1.28. The van der Waals surface area contributed by atoms with Gasteiger partial charge in [0.25, 0.3) is 0 Å². The van der Waals surface area contributed by atoms with Crippen molar-refractivity contribution >= 4 is 0 Å². The van der Waals surface area contributed by atoms with E-state index < -0.39 is 0 Å². The number of aryl methyl sites for hydroxylation is 3. The zero-order valence-corrected chi connectivity index (χ0v) is 20.7. The molecule has 0 unspecified atom stereocenters. The molecule has 0 bridgehead atoms. The Bertz CT molecular complexity index is 1000. The van der Waals surface area contributed by atoms with Crippen LogP contribution in [0.1, 0.15) is 73.6 Å². The maximum atomic E-state index is 12.3. The van der Waals surface area contributed by atoms with E-state index in [-0.39, 0.29) is 6.67 Å². The van der Waals surface area contributed by atoms with E-state index in [1.54, 1.807) is 0 Å². The van der Waals surface area contributed by atoms with Crippen molar-refractivity contribution < 1.29 is 4.39 Å². The standard InChI is InChI=1S/C33H39F/c1-2-3-5-26-13-17-30(18-14-26)32-21-23-33(24-22-32)31-19-15-29(16-20-31)12-11-28-9-7-27(8-10-28)6-4-25-34/h3,5,7-10,15-16,19-24,26,30H,2,4,6,11-14,17-18,25H2,1H3/b5-3+/t26-,30-. The van der Waals surface area contributed by atoms with Gasteiger partial charge in [0, 0.05) is 0 Å². The smallest absolute Gasteiger partial charge is 0.0897 e. The van der Waals surface area contributed by atoms with Gasteiger partial charge < -0.3 is 0 Å². The Morgan fingerprint density at radius 1 is 0.676 bits per heavy atom. The molecular weight excluding hydrogens is 415 g/mol. The van der Waals surface area contributed by atoms with Crippen LogP contribution in [-0.2, 0) is 19.3 Å². The summed E-state index contributed by atoms with van der Waals surface area (Å²) in [7, 11) is 0. The number of halogens is 1. The molecular formula is C33H39F. The SMILES string of the molecule is CC/C=C/[C@H]1CC[C@H](c2ccc(-c3ccc(CCc4ccc(CCCF)cc4)cc3)cc2)CC1. The second kappa shape index (κ2) is 12.7. The molecule has 0 N–H and O–H groups in total. The fourth-order valence-electron chi connectivity index (χ4n) is 5.22. The van der Waals surface area contributed by atoms with Gasteiger partial charge in [-0.05, 0) is 103 Å². The highest BCUT2D eigenvalue weighted by Gasteiger charge is 2.20. The predicted molar refractivity (Wildman–Crippen MR) is 144 cm³/mol. The van der Waals surface area contributed by atoms with Gasteiger partial charge in [-0.2, -0.15) is 0 Å². The van der Waals surface area contributed by atoms with E-state index in [2.05, 4.69) is 91.9 Å². The molecule has 1 fully saturated rings. The van der Waals surface area contributed by atoms with Crippen LogP contribution in [-0.4, -0.2) is 6.67 Å². The van der Waals surface area contributed by atoms with Crippen LogP contribution in [0.5, 0.6) is 0 Å². The molecule has 0 radical (unpaired) electrons. The second-order valence-corrected chi connectivity index (χ2v) is 9.88. The van der Waals surface area contributed by atoms with E-state index in [0.717, 1.165) is 37.5 Å². The highest BCUT2D eigenvalue weighted by atomic mass is 19.1. The van der Waals surface area contributed by atoms with Crippen molar-refractivity contribution in [3.63, 3.8) is 0 Å². The van der Waals surface area contributed by atoms with Crippen LogP contribution in [0.15, 0.2) is 84.9 Å². The predicted octanol–water partition coefficient (Wildman–Crippen LogP) is 9.28. The summed E-state index contributed by atoms with van der Waals surface area (Å²) in [6.45, 7) is 1.98. The van der Waals surface area contributed by atoms with Crippen LogP contribution in [0, 0.1) is 5.92 Å². The van der Waals surface area contributed by atoms with Crippen LogP contribution >= 0.6 is 0 Å². The van der Waals surface area contributed by atoms with E-state index >= 15 is 0 Å². The van der Waals surface area contributed by atoms with Crippen molar-refractivity contribution in [2.75, 3.05) is 6.67 Å². The molecule has 4 rings (SSSR count). The van der Waals surface area contributed by atoms with Crippen molar-refractivity contribution in [2.24, 2.45) is 5.92 Å². The molecule has 3 aromatic carbocycles. The first-order valence-corrected chi connectivity index (χ1v) is 13.2. The molecule has 1 saturated carbocycles. The largest absolute Gasteiger partial charge is 0.251 e. The summed E-state index contributed by atoms with van der Waals surface area (Å²) in [4.78, 5) is 0. The summed E-state index contributed by atoms with van der Waals surface area (Å²) in [6, 6.07) is 27.0. The topological polar surface area (TPSA) is 0 Å². The summed E-state index contributed by atoms with van der Waals surface area (Å²) in [5, 5.41) is 0. The van der Waals surface area contributed by atoms with Gasteiger partial charge >= 0.3 is 0 Å². The van der Waals surface area contributed by atoms with Gasteiger partial charge in [-0.25, -0.2) is 0 Å². The molecule has 34 heavy (non-hydrogen) atoms. The monoisotopic (exact) mass is 454 g/mol.